The van der Waals surface area contributed by atoms with E-state index in [9.17, 15) is 9.59 Å². The van der Waals surface area contributed by atoms with Gasteiger partial charge in [-0.05, 0) is 48.2 Å². The molecule has 0 saturated carbocycles. The Morgan fingerprint density at radius 2 is 1.67 bits per heavy atom. The van der Waals surface area contributed by atoms with Crippen molar-refractivity contribution in [2.45, 2.75) is 20.3 Å². The standard InChI is InChI=1S/C30H25N7O2/c1-19-7-6-10-24(15-19)36-28-25(18-31-36)29(39)34-30(33-28)37-26(16-20(2)35-37)32-27(38)17-21-11-13-23(14-12-21)22-8-4-3-5-9-22/h3-16,18H,17H2,1-2H3,(H,32,38)(H,33,34,39). The zero-order chi connectivity index (χ0) is 26.9. The highest BCUT2D eigenvalue weighted by Gasteiger charge is 2.17. The molecule has 0 aliphatic carbocycles. The first-order valence-electron chi connectivity index (χ1n) is 12.5. The molecule has 3 heterocycles. The van der Waals surface area contributed by atoms with E-state index in [4.69, 9.17) is 0 Å². The molecule has 6 rings (SSSR count). The van der Waals surface area contributed by atoms with Crippen LogP contribution in [-0.2, 0) is 11.2 Å². The van der Waals surface area contributed by atoms with E-state index in [0.717, 1.165) is 27.9 Å². The number of carbonyl (C=O) groups excluding carboxylic acids is 1. The molecule has 39 heavy (non-hydrogen) atoms. The third-order valence-corrected chi connectivity index (χ3v) is 6.40. The first-order valence-corrected chi connectivity index (χ1v) is 12.5. The number of hydrogen-bond acceptors (Lipinski definition) is 5. The fraction of sp³-hybridized carbons (Fsp3) is 0.100. The molecule has 9 nitrogen and oxygen atoms in total. The van der Waals surface area contributed by atoms with Crippen molar-refractivity contribution in [3.05, 3.63) is 118 Å². The van der Waals surface area contributed by atoms with Gasteiger partial charge in [0.05, 0.1) is 24.0 Å². The maximum atomic E-state index is 13.0. The van der Waals surface area contributed by atoms with Crippen LogP contribution in [-0.4, -0.2) is 35.4 Å². The number of aryl methyl sites for hydroxylation is 2. The first kappa shape index (κ1) is 24.1. The number of hydrogen-bond donors (Lipinski definition) is 2. The highest BCUT2D eigenvalue weighted by Crippen LogP contribution is 2.21. The van der Waals surface area contributed by atoms with E-state index in [1.807, 2.05) is 80.6 Å². The van der Waals surface area contributed by atoms with Gasteiger partial charge in [-0.1, -0.05) is 66.7 Å². The number of nitrogens with zero attached hydrogens (tertiary/aromatic N) is 5. The van der Waals surface area contributed by atoms with E-state index in [2.05, 4.69) is 37.6 Å². The van der Waals surface area contributed by atoms with Crippen molar-refractivity contribution in [2.24, 2.45) is 0 Å². The van der Waals surface area contributed by atoms with Crippen LogP contribution in [0.3, 0.4) is 0 Å². The molecule has 9 heteroatoms. The van der Waals surface area contributed by atoms with Crippen LogP contribution >= 0.6 is 0 Å². The molecule has 6 aromatic rings. The van der Waals surface area contributed by atoms with Gasteiger partial charge < -0.3 is 5.32 Å². The normalized spacial score (nSPS) is 11.1. The Hall–Kier alpha value is -5.31. The van der Waals surface area contributed by atoms with Gasteiger partial charge in [-0.2, -0.15) is 19.9 Å². The summed E-state index contributed by atoms with van der Waals surface area (Å²) in [6.45, 7) is 3.79. The number of benzene rings is 3. The summed E-state index contributed by atoms with van der Waals surface area (Å²) in [6, 6.07) is 27.5. The smallest absolute Gasteiger partial charge is 0.263 e. The van der Waals surface area contributed by atoms with Crippen molar-refractivity contribution in [2.75, 3.05) is 5.32 Å². The average Bonchev–Trinajstić information content (AvgIpc) is 3.53. The topological polar surface area (TPSA) is 110 Å². The quantitative estimate of drug-likeness (QED) is 0.332. The molecule has 192 valence electrons. The number of anilines is 1. The van der Waals surface area contributed by atoms with E-state index >= 15 is 0 Å². The fourth-order valence-electron chi connectivity index (χ4n) is 4.52. The van der Waals surface area contributed by atoms with Crippen LogP contribution in [0, 0.1) is 13.8 Å². The summed E-state index contributed by atoms with van der Waals surface area (Å²) in [6.07, 6.45) is 1.68. The van der Waals surface area contributed by atoms with Gasteiger partial charge in [-0.25, -0.2) is 4.68 Å². The first-order chi connectivity index (χ1) is 18.9. The molecule has 0 aliphatic heterocycles. The Labute approximate surface area is 223 Å². The molecule has 0 fully saturated rings. The number of carbonyl (C=O) groups is 1. The largest absolute Gasteiger partial charge is 0.310 e. The number of rotatable bonds is 6. The van der Waals surface area contributed by atoms with Gasteiger partial charge in [0, 0.05) is 6.07 Å². The second-order valence-corrected chi connectivity index (χ2v) is 9.39. The summed E-state index contributed by atoms with van der Waals surface area (Å²) < 4.78 is 3.05. The zero-order valence-electron chi connectivity index (χ0n) is 21.4. The maximum Gasteiger partial charge on any atom is 0.263 e. The highest BCUT2D eigenvalue weighted by atomic mass is 16.1. The fourth-order valence-corrected chi connectivity index (χ4v) is 4.52. The molecule has 0 radical (unpaired) electrons. The summed E-state index contributed by atoms with van der Waals surface area (Å²) in [5, 5.41) is 12.1. The van der Waals surface area contributed by atoms with E-state index in [1.165, 1.54) is 10.9 Å². The third kappa shape index (κ3) is 4.85. The van der Waals surface area contributed by atoms with Crippen molar-refractivity contribution >= 4 is 22.8 Å². The van der Waals surface area contributed by atoms with Gasteiger partial charge >= 0.3 is 0 Å². The number of fused-ring (bicyclic) bond motifs is 1. The van der Waals surface area contributed by atoms with E-state index < -0.39 is 0 Å². The van der Waals surface area contributed by atoms with Crippen molar-refractivity contribution < 1.29 is 4.79 Å². The Morgan fingerprint density at radius 3 is 2.44 bits per heavy atom. The Bertz CT molecular complexity index is 1870. The molecule has 0 saturated heterocycles. The van der Waals surface area contributed by atoms with Gasteiger partial charge in [0.1, 0.15) is 11.2 Å². The molecule has 0 unspecified atom stereocenters. The van der Waals surface area contributed by atoms with Crippen molar-refractivity contribution in [3.8, 4) is 22.8 Å². The predicted octanol–water partition coefficient (Wildman–Crippen LogP) is 4.76. The summed E-state index contributed by atoms with van der Waals surface area (Å²) in [5.74, 6) is 0.372. The van der Waals surface area contributed by atoms with Crippen LogP contribution < -0.4 is 10.9 Å². The Kier molecular flexibility index (Phi) is 6.08. The molecule has 0 spiro atoms. The SMILES string of the molecule is Cc1cccc(-n2ncc3c(=O)[nH]c(-n4nc(C)cc4NC(=O)Cc4ccc(-c5ccccc5)cc4)nc32)c1. The predicted molar refractivity (Wildman–Crippen MR) is 150 cm³/mol. The van der Waals surface area contributed by atoms with Crippen molar-refractivity contribution in [1.29, 1.82) is 0 Å². The number of nitrogens with one attached hydrogen (secondary N) is 2. The number of amides is 1. The second kappa shape index (κ2) is 9.86. The second-order valence-electron chi connectivity index (χ2n) is 9.39. The third-order valence-electron chi connectivity index (χ3n) is 6.40. The lowest BCUT2D eigenvalue weighted by Gasteiger charge is -2.09. The van der Waals surface area contributed by atoms with Crippen LogP contribution in [0.1, 0.15) is 16.8 Å². The van der Waals surface area contributed by atoms with E-state index in [1.54, 1.807) is 10.7 Å². The minimum atomic E-state index is -0.349. The molecular weight excluding hydrogens is 490 g/mol. The number of aromatic amines is 1. The minimum absolute atomic E-state index is 0.178. The van der Waals surface area contributed by atoms with Gasteiger partial charge in [0.25, 0.3) is 5.56 Å². The molecule has 0 atom stereocenters. The van der Waals surface area contributed by atoms with Crippen LogP contribution in [0.4, 0.5) is 5.82 Å². The van der Waals surface area contributed by atoms with Gasteiger partial charge in [0.2, 0.25) is 11.9 Å². The monoisotopic (exact) mass is 515 g/mol. The summed E-state index contributed by atoms with van der Waals surface area (Å²) in [5.41, 5.74) is 5.64. The van der Waals surface area contributed by atoms with Crippen LogP contribution in [0.25, 0.3) is 33.8 Å². The molecule has 1 amide bonds. The zero-order valence-corrected chi connectivity index (χ0v) is 21.4. The average molecular weight is 516 g/mol. The van der Waals surface area contributed by atoms with E-state index in [0.29, 0.717) is 22.5 Å². The van der Waals surface area contributed by atoms with Crippen LogP contribution in [0.2, 0.25) is 0 Å². The molecule has 0 aliphatic rings. The lowest BCUT2D eigenvalue weighted by Crippen LogP contribution is -2.20. The number of H-pyrrole nitrogens is 1. The molecular formula is C30H25N7O2. The molecule has 0 bridgehead atoms. The van der Waals surface area contributed by atoms with Crippen molar-refractivity contribution in [3.63, 3.8) is 0 Å². The maximum absolute atomic E-state index is 13.0. The minimum Gasteiger partial charge on any atom is -0.310 e. The summed E-state index contributed by atoms with van der Waals surface area (Å²) >= 11 is 0. The Balaban J connectivity index is 1.27. The molecule has 3 aromatic heterocycles. The van der Waals surface area contributed by atoms with Crippen LogP contribution in [0.5, 0.6) is 0 Å². The van der Waals surface area contributed by atoms with Gasteiger partial charge in [-0.15, -0.1) is 0 Å². The van der Waals surface area contributed by atoms with Gasteiger partial charge in [0.15, 0.2) is 5.65 Å². The highest BCUT2D eigenvalue weighted by molar-refractivity contribution is 5.92. The van der Waals surface area contributed by atoms with Gasteiger partial charge in [-0.3, -0.25) is 14.6 Å². The van der Waals surface area contributed by atoms with Crippen LogP contribution in [0.15, 0.2) is 95.9 Å². The molecule has 3 aromatic carbocycles. The summed E-state index contributed by atoms with van der Waals surface area (Å²) in [4.78, 5) is 33.3. The lowest BCUT2D eigenvalue weighted by atomic mass is 10.0. The Morgan fingerprint density at radius 1 is 0.897 bits per heavy atom. The van der Waals surface area contributed by atoms with E-state index in [-0.39, 0.29) is 23.8 Å². The molecule has 2 N–H and O–H groups in total. The summed E-state index contributed by atoms with van der Waals surface area (Å²) in [7, 11) is 0. The number of aromatic nitrogens is 6. The lowest BCUT2D eigenvalue weighted by molar-refractivity contribution is -0.115. The van der Waals surface area contributed by atoms with Crippen molar-refractivity contribution in [1.82, 2.24) is 29.5 Å².